The van der Waals surface area contributed by atoms with E-state index in [4.69, 9.17) is 0 Å². The predicted molar refractivity (Wildman–Crippen MR) is 83.2 cm³/mol. The Balaban J connectivity index is 1.91. The van der Waals surface area contributed by atoms with E-state index in [9.17, 15) is 13.6 Å². The summed E-state index contributed by atoms with van der Waals surface area (Å²) in [6.07, 6.45) is 0.722. The zero-order valence-corrected chi connectivity index (χ0v) is 13.4. The molecule has 0 unspecified atom stereocenters. The fourth-order valence-corrected chi connectivity index (χ4v) is 3.08. The normalized spacial score (nSPS) is 20.0. The Bertz CT molecular complexity index is 671. The summed E-state index contributed by atoms with van der Waals surface area (Å²) in [5, 5.41) is 11.1. The number of carbonyl (C=O) groups is 1. The molecule has 23 heavy (non-hydrogen) atoms. The zero-order chi connectivity index (χ0) is 16.2. The van der Waals surface area contributed by atoms with Crippen molar-refractivity contribution in [3.63, 3.8) is 0 Å². The number of hydrogen-bond acceptors (Lipinski definition) is 8. The summed E-state index contributed by atoms with van der Waals surface area (Å²) >= 11 is 2.33. The van der Waals surface area contributed by atoms with E-state index in [1.54, 1.807) is 22.9 Å². The number of rotatable bonds is 4. The van der Waals surface area contributed by atoms with Gasteiger partial charge in [-0.3, -0.25) is 9.69 Å². The van der Waals surface area contributed by atoms with Gasteiger partial charge in [0.2, 0.25) is 0 Å². The van der Waals surface area contributed by atoms with Crippen LogP contribution in [0.25, 0.3) is 12.2 Å². The minimum atomic E-state index is -2.47. The van der Waals surface area contributed by atoms with Gasteiger partial charge in [0.1, 0.15) is 0 Å². The Morgan fingerprint density at radius 2 is 1.61 bits per heavy atom. The van der Waals surface area contributed by atoms with E-state index < -0.39 is 13.0 Å². The zero-order valence-electron chi connectivity index (χ0n) is 11.7. The number of likely N-dealkylation sites (tertiary alicyclic amines) is 1. The summed E-state index contributed by atoms with van der Waals surface area (Å²) in [7, 11) is 0. The fraction of sp³-hybridized carbons (Fsp3) is 0.308. The van der Waals surface area contributed by atoms with Crippen molar-refractivity contribution in [3.05, 3.63) is 33.3 Å². The second-order valence-electron chi connectivity index (χ2n) is 4.89. The molecule has 0 spiro atoms. The van der Waals surface area contributed by atoms with Gasteiger partial charge < -0.3 is 0 Å². The monoisotopic (exact) mass is 355 g/mol. The number of halogens is 2. The molecule has 0 atom stereocenters. The Morgan fingerprint density at radius 3 is 2.00 bits per heavy atom. The van der Waals surface area contributed by atoms with Crippen LogP contribution in [0.15, 0.2) is 21.9 Å². The van der Waals surface area contributed by atoms with Crippen LogP contribution in [0.2, 0.25) is 0 Å². The Kier molecular flexibility index (Phi) is 4.94. The van der Waals surface area contributed by atoms with Gasteiger partial charge in [-0.05, 0) is 35.2 Å². The van der Waals surface area contributed by atoms with E-state index in [2.05, 4.69) is 19.2 Å². The molecule has 120 valence electrons. The average Bonchev–Trinajstić information content (AvgIpc) is 3.16. The van der Waals surface area contributed by atoms with Crippen molar-refractivity contribution in [2.24, 2.45) is 0 Å². The lowest BCUT2D eigenvalue weighted by atomic mass is 9.96. The Morgan fingerprint density at radius 1 is 1.09 bits per heavy atom. The van der Waals surface area contributed by atoms with Crippen LogP contribution in [-0.4, -0.2) is 55.9 Å². The molecule has 3 heterocycles. The van der Waals surface area contributed by atoms with Gasteiger partial charge in [0.25, 0.3) is 6.43 Å². The summed E-state index contributed by atoms with van der Waals surface area (Å²) in [6, 6.07) is 0. The minimum absolute atomic E-state index is 0.160. The van der Waals surface area contributed by atoms with Crippen LogP contribution in [0.3, 0.4) is 0 Å². The van der Waals surface area contributed by atoms with E-state index >= 15 is 0 Å². The first-order valence-electron chi connectivity index (χ1n) is 6.62. The van der Waals surface area contributed by atoms with Crippen LogP contribution in [0.1, 0.15) is 11.4 Å². The molecule has 1 aliphatic heterocycles. The highest BCUT2D eigenvalue weighted by Gasteiger charge is 2.28. The maximum Gasteiger partial charge on any atom is 0.251 e. The van der Waals surface area contributed by atoms with Gasteiger partial charge in [-0.2, -0.15) is 0 Å². The lowest BCUT2D eigenvalue weighted by molar-refractivity contribution is -0.113. The van der Waals surface area contributed by atoms with Crippen molar-refractivity contribution in [1.82, 2.24) is 24.1 Å². The largest absolute Gasteiger partial charge is 0.289 e. The topological polar surface area (TPSA) is 71.9 Å². The van der Waals surface area contributed by atoms with E-state index in [1.807, 2.05) is 0 Å². The smallest absolute Gasteiger partial charge is 0.251 e. The molecule has 0 aromatic carbocycles. The first kappa shape index (κ1) is 16.0. The van der Waals surface area contributed by atoms with Crippen molar-refractivity contribution >= 4 is 41.0 Å². The molecule has 0 aliphatic carbocycles. The highest BCUT2D eigenvalue weighted by atomic mass is 32.1. The number of aromatic nitrogens is 4. The molecule has 10 heteroatoms. The van der Waals surface area contributed by atoms with Crippen molar-refractivity contribution in [3.8, 4) is 0 Å². The lowest BCUT2D eigenvalue weighted by Gasteiger charge is -2.29. The third kappa shape index (κ3) is 4.09. The first-order valence-corrected chi connectivity index (χ1v) is 8.29. The van der Waals surface area contributed by atoms with Crippen LogP contribution in [0, 0.1) is 0 Å². The molecule has 0 radical (unpaired) electrons. The number of carbonyl (C=O) groups excluding carboxylic acids is 1. The SMILES string of the molecule is O=C1/C(=C/c2csnn2)CN(CC(F)F)C/C1=C\c1csnn1. The molecular formula is C13H11F2N5OS2. The number of ketones is 1. The van der Waals surface area contributed by atoms with Crippen molar-refractivity contribution in [1.29, 1.82) is 0 Å². The van der Waals surface area contributed by atoms with E-state index in [-0.39, 0.29) is 18.9 Å². The van der Waals surface area contributed by atoms with Gasteiger partial charge >= 0.3 is 0 Å². The molecular weight excluding hydrogens is 344 g/mol. The van der Waals surface area contributed by atoms with Crippen molar-refractivity contribution < 1.29 is 13.6 Å². The minimum Gasteiger partial charge on any atom is -0.289 e. The molecule has 3 rings (SSSR count). The summed E-state index contributed by atoms with van der Waals surface area (Å²) in [5.41, 5.74) is 1.93. The van der Waals surface area contributed by atoms with Crippen molar-refractivity contribution in [2.45, 2.75) is 6.43 Å². The third-order valence-corrected chi connectivity index (χ3v) is 4.21. The number of alkyl halides is 2. The lowest BCUT2D eigenvalue weighted by Crippen LogP contribution is -2.40. The maximum atomic E-state index is 12.7. The highest BCUT2D eigenvalue weighted by molar-refractivity contribution is 7.03. The summed E-state index contributed by atoms with van der Waals surface area (Å²) in [5.74, 6) is -0.184. The Labute approximate surface area is 138 Å². The molecule has 6 nitrogen and oxygen atoms in total. The molecule has 2 aromatic rings. The van der Waals surface area contributed by atoms with E-state index in [0.29, 0.717) is 22.5 Å². The predicted octanol–water partition coefficient (Wildman–Crippen LogP) is 2.01. The molecule has 1 saturated heterocycles. The van der Waals surface area contributed by atoms with Crippen molar-refractivity contribution in [2.75, 3.05) is 19.6 Å². The second-order valence-corrected chi connectivity index (χ2v) is 6.11. The molecule has 0 amide bonds. The maximum absolute atomic E-state index is 12.7. The molecule has 2 aromatic heterocycles. The highest BCUT2D eigenvalue weighted by Crippen LogP contribution is 2.22. The van der Waals surface area contributed by atoms with Crippen LogP contribution in [-0.2, 0) is 4.79 Å². The molecule has 0 saturated carbocycles. The van der Waals surface area contributed by atoms with E-state index in [1.165, 1.54) is 4.90 Å². The van der Waals surface area contributed by atoms with Crippen LogP contribution in [0.5, 0.6) is 0 Å². The van der Waals surface area contributed by atoms with Gasteiger partial charge in [-0.25, -0.2) is 8.78 Å². The number of piperidine rings is 1. The standard InChI is InChI=1S/C13H11F2N5OS2/c14-12(15)5-20-3-8(1-10-6-22-18-16-10)13(21)9(4-20)2-11-7-23-19-17-11/h1-2,6-7,12H,3-5H2/b8-1+,9-2+. The Hall–Kier alpha value is -1.91. The van der Waals surface area contributed by atoms with E-state index in [0.717, 1.165) is 23.1 Å². The molecule has 0 N–H and O–H groups in total. The number of Topliss-reactive ketones (excluding diaryl/α,β-unsaturated/α-hetero) is 1. The summed E-state index contributed by atoms with van der Waals surface area (Å²) in [6.45, 7) is -0.0761. The van der Waals surface area contributed by atoms with Crippen LogP contribution >= 0.6 is 23.1 Å². The van der Waals surface area contributed by atoms with Gasteiger partial charge in [-0.15, -0.1) is 10.2 Å². The average molecular weight is 355 g/mol. The van der Waals surface area contributed by atoms with Gasteiger partial charge in [-0.1, -0.05) is 8.98 Å². The summed E-state index contributed by atoms with van der Waals surface area (Å²) < 4.78 is 32.9. The number of hydrogen-bond donors (Lipinski definition) is 0. The second kappa shape index (κ2) is 7.11. The third-order valence-electron chi connectivity index (χ3n) is 3.17. The molecule has 0 bridgehead atoms. The van der Waals surface area contributed by atoms with Crippen LogP contribution in [0.4, 0.5) is 8.78 Å². The van der Waals surface area contributed by atoms with Gasteiger partial charge in [0.05, 0.1) is 17.9 Å². The molecule has 1 fully saturated rings. The van der Waals surface area contributed by atoms with Gasteiger partial charge in [0, 0.05) is 35.0 Å². The van der Waals surface area contributed by atoms with Crippen LogP contribution < -0.4 is 0 Å². The number of nitrogens with zero attached hydrogens (tertiary/aromatic N) is 5. The summed E-state index contributed by atoms with van der Waals surface area (Å²) in [4.78, 5) is 14.1. The van der Waals surface area contributed by atoms with Gasteiger partial charge in [0.15, 0.2) is 5.78 Å². The molecule has 1 aliphatic rings. The fourth-order valence-electron chi connectivity index (χ4n) is 2.26. The quantitative estimate of drug-likeness (QED) is 0.781. The first-order chi connectivity index (χ1) is 11.1.